The number of pyridine rings is 1. The van der Waals surface area contributed by atoms with Crippen LogP contribution < -0.4 is 5.73 Å². The van der Waals surface area contributed by atoms with Crippen molar-refractivity contribution in [3.8, 4) is 0 Å². The van der Waals surface area contributed by atoms with Gasteiger partial charge in [-0.2, -0.15) is 0 Å². The van der Waals surface area contributed by atoms with E-state index in [9.17, 15) is 4.79 Å². The van der Waals surface area contributed by atoms with Crippen LogP contribution in [0.5, 0.6) is 0 Å². The highest BCUT2D eigenvalue weighted by molar-refractivity contribution is 6.29. The number of nitrogens with two attached hydrogens (primary N) is 1. The summed E-state index contributed by atoms with van der Waals surface area (Å²) in [5.41, 5.74) is 6.66. The molecule has 116 valence electrons. The molecule has 0 aliphatic carbocycles. The van der Waals surface area contributed by atoms with Gasteiger partial charge >= 0.3 is 0 Å². The largest absolute Gasteiger partial charge is 0.397 e. The Kier molecular flexibility index (Phi) is 5.42. The molecule has 1 fully saturated rings. The monoisotopic (exact) mass is 310 g/mol. The minimum atomic E-state index is -0.0553. The molecule has 1 saturated heterocycles. The summed E-state index contributed by atoms with van der Waals surface area (Å²) in [5, 5.41) is 0.295. The third-order valence-corrected chi connectivity index (χ3v) is 4.02. The zero-order valence-corrected chi connectivity index (χ0v) is 13.4. The maximum atomic E-state index is 12.5. The van der Waals surface area contributed by atoms with Crippen LogP contribution in [0.1, 0.15) is 30.6 Å². The summed E-state index contributed by atoms with van der Waals surface area (Å²) in [5.74, 6) is 0.656. The van der Waals surface area contributed by atoms with Crippen molar-refractivity contribution in [1.29, 1.82) is 0 Å². The molecule has 1 aliphatic heterocycles. The third kappa shape index (κ3) is 4.32. The molecular formula is C15H23ClN4O. The van der Waals surface area contributed by atoms with Gasteiger partial charge in [-0.15, -0.1) is 0 Å². The number of aromatic nitrogens is 1. The summed E-state index contributed by atoms with van der Waals surface area (Å²) in [7, 11) is 0. The molecule has 2 heterocycles. The van der Waals surface area contributed by atoms with Crippen molar-refractivity contribution in [2.45, 2.75) is 20.3 Å². The molecule has 1 aromatic rings. The van der Waals surface area contributed by atoms with E-state index in [1.54, 1.807) is 6.07 Å². The Morgan fingerprint density at radius 2 is 2.05 bits per heavy atom. The van der Waals surface area contributed by atoms with Gasteiger partial charge in [-0.1, -0.05) is 25.4 Å². The van der Waals surface area contributed by atoms with E-state index in [4.69, 9.17) is 17.3 Å². The fourth-order valence-corrected chi connectivity index (χ4v) is 2.57. The summed E-state index contributed by atoms with van der Waals surface area (Å²) >= 11 is 5.85. The normalized spacial score (nSPS) is 16.5. The van der Waals surface area contributed by atoms with Crippen molar-refractivity contribution in [1.82, 2.24) is 14.8 Å². The molecule has 0 spiro atoms. The molecule has 0 radical (unpaired) electrons. The molecule has 0 saturated carbocycles. The number of carbonyl (C=O) groups excluding carboxylic acids is 1. The Balaban J connectivity index is 1.92. The number of carbonyl (C=O) groups is 1. The Bertz CT molecular complexity index is 498. The lowest BCUT2D eigenvalue weighted by Crippen LogP contribution is -2.49. The van der Waals surface area contributed by atoms with Crippen LogP contribution in [0.15, 0.2) is 12.3 Å². The van der Waals surface area contributed by atoms with Gasteiger partial charge in [0.05, 0.1) is 17.4 Å². The van der Waals surface area contributed by atoms with Crippen LogP contribution in [0.3, 0.4) is 0 Å². The number of nitrogens with zero attached hydrogens (tertiary/aromatic N) is 3. The van der Waals surface area contributed by atoms with Gasteiger partial charge in [0.2, 0.25) is 0 Å². The lowest BCUT2D eigenvalue weighted by atomic mass is 10.1. The standard InChI is InChI=1S/C15H23ClN4O/c1-11(2)3-4-19-5-7-20(8-6-19)15(21)12-9-14(16)18-10-13(12)17/h9-11H,3-8,17H2,1-2H3. The average molecular weight is 311 g/mol. The van der Waals surface area contributed by atoms with Crippen LogP contribution in [-0.4, -0.2) is 53.4 Å². The number of hydrogen-bond donors (Lipinski definition) is 1. The second-order valence-corrected chi connectivity index (χ2v) is 6.30. The Hall–Kier alpha value is -1.33. The van der Waals surface area contributed by atoms with Crippen molar-refractivity contribution in [2.75, 3.05) is 38.5 Å². The quantitative estimate of drug-likeness (QED) is 0.865. The minimum absolute atomic E-state index is 0.0553. The van der Waals surface area contributed by atoms with Gasteiger partial charge < -0.3 is 10.6 Å². The molecule has 0 atom stereocenters. The highest BCUT2D eigenvalue weighted by Crippen LogP contribution is 2.18. The number of hydrogen-bond acceptors (Lipinski definition) is 4. The zero-order chi connectivity index (χ0) is 15.4. The highest BCUT2D eigenvalue weighted by Gasteiger charge is 2.23. The van der Waals surface area contributed by atoms with Crippen LogP contribution >= 0.6 is 11.6 Å². The van der Waals surface area contributed by atoms with Crippen LogP contribution in [0.2, 0.25) is 5.15 Å². The first-order chi connectivity index (χ1) is 9.97. The van der Waals surface area contributed by atoms with E-state index < -0.39 is 0 Å². The summed E-state index contributed by atoms with van der Waals surface area (Å²) in [6.07, 6.45) is 2.63. The first kappa shape index (κ1) is 16.0. The molecule has 0 unspecified atom stereocenters. The molecule has 0 bridgehead atoms. The van der Waals surface area contributed by atoms with Crippen molar-refractivity contribution in [3.05, 3.63) is 23.0 Å². The highest BCUT2D eigenvalue weighted by atomic mass is 35.5. The SMILES string of the molecule is CC(C)CCN1CCN(C(=O)c2cc(Cl)ncc2N)CC1. The third-order valence-electron chi connectivity index (χ3n) is 3.81. The maximum Gasteiger partial charge on any atom is 0.256 e. The summed E-state index contributed by atoms with van der Waals surface area (Å²) in [4.78, 5) is 20.6. The van der Waals surface area contributed by atoms with Crippen LogP contribution in [0.4, 0.5) is 5.69 Å². The van der Waals surface area contributed by atoms with Crippen molar-refractivity contribution in [2.24, 2.45) is 5.92 Å². The first-order valence-corrected chi connectivity index (χ1v) is 7.78. The fraction of sp³-hybridized carbons (Fsp3) is 0.600. The zero-order valence-electron chi connectivity index (χ0n) is 12.7. The number of piperazine rings is 1. The van der Waals surface area contributed by atoms with Crippen molar-refractivity contribution < 1.29 is 4.79 Å². The number of halogens is 1. The van der Waals surface area contributed by atoms with Crippen molar-refractivity contribution in [3.63, 3.8) is 0 Å². The smallest absolute Gasteiger partial charge is 0.256 e. The van der Waals surface area contributed by atoms with Gasteiger partial charge in [-0.3, -0.25) is 9.69 Å². The van der Waals surface area contributed by atoms with Gasteiger partial charge in [0.25, 0.3) is 5.91 Å². The van der Waals surface area contributed by atoms with E-state index in [-0.39, 0.29) is 5.91 Å². The van der Waals surface area contributed by atoms with Gasteiger partial charge in [0.1, 0.15) is 5.15 Å². The Labute approximate surface area is 131 Å². The molecule has 1 aromatic heterocycles. The fourth-order valence-electron chi connectivity index (χ4n) is 2.41. The molecule has 5 nitrogen and oxygen atoms in total. The molecule has 2 N–H and O–H groups in total. The summed E-state index contributed by atoms with van der Waals surface area (Å²) < 4.78 is 0. The van der Waals surface area contributed by atoms with Gasteiger partial charge in [-0.05, 0) is 24.9 Å². The Morgan fingerprint density at radius 3 is 2.67 bits per heavy atom. The van der Waals surface area contributed by atoms with Crippen LogP contribution in [0.25, 0.3) is 0 Å². The van der Waals surface area contributed by atoms with E-state index in [2.05, 4.69) is 23.7 Å². The predicted molar refractivity (Wildman–Crippen MR) is 85.5 cm³/mol. The van der Waals surface area contributed by atoms with Crippen LogP contribution in [-0.2, 0) is 0 Å². The molecule has 2 rings (SSSR count). The second-order valence-electron chi connectivity index (χ2n) is 5.91. The molecule has 6 heteroatoms. The topological polar surface area (TPSA) is 62.5 Å². The van der Waals surface area contributed by atoms with E-state index in [1.807, 2.05) is 4.90 Å². The minimum Gasteiger partial charge on any atom is -0.397 e. The summed E-state index contributed by atoms with van der Waals surface area (Å²) in [6.45, 7) is 8.86. The molecule has 1 aliphatic rings. The molecule has 1 amide bonds. The molecule has 0 aromatic carbocycles. The van der Waals surface area contributed by atoms with Gasteiger partial charge in [0.15, 0.2) is 0 Å². The van der Waals surface area contributed by atoms with Crippen LogP contribution in [0, 0.1) is 5.92 Å². The Morgan fingerprint density at radius 1 is 1.38 bits per heavy atom. The van der Waals surface area contributed by atoms with E-state index in [0.29, 0.717) is 22.3 Å². The average Bonchev–Trinajstić information content (AvgIpc) is 2.47. The van der Waals surface area contributed by atoms with Crippen molar-refractivity contribution >= 4 is 23.2 Å². The number of anilines is 1. The number of rotatable bonds is 4. The number of amides is 1. The lowest BCUT2D eigenvalue weighted by molar-refractivity contribution is 0.0632. The van der Waals surface area contributed by atoms with E-state index in [1.165, 1.54) is 12.6 Å². The number of nitrogen functional groups attached to an aromatic ring is 1. The van der Waals surface area contributed by atoms with Gasteiger partial charge in [0, 0.05) is 26.2 Å². The van der Waals surface area contributed by atoms with Gasteiger partial charge in [-0.25, -0.2) is 4.98 Å². The van der Waals surface area contributed by atoms with E-state index in [0.717, 1.165) is 32.7 Å². The maximum absolute atomic E-state index is 12.5. The lowest BCUT2D eigenvalue weighted by Gasteiger charge is -2.35. The second kappa shape index (κ2) is 7.09. The predicted octanol–water partition coefficient (Wildman–Crippen LogP) is 2.12. The molecular weight excluding hydrogens is 288 g/mol. The van der Waals surface area contributed by atoms with E-state index >= 15 is 0 Å². The first-order valence-electron chi connectivity index (χ1n) is 7.40. The summed E-state index contributed by atoms with van der Waals surface area (Å²) in [6, 6.07) is 1.55. The molecule has 21 heavy (non-hydrogen) atoms.